The summed E-state index contributed by atoms with van der Waals surface area (Å²) in [5.41, 5.74) is 10.4. The number of nitrogens with two attached hydrogens (primary N) is 2. The molecule has 0 aliphatic carbocycles. The maximum atomic E-state index is 12.2. The maximum absolute atomic E-state index is 12.2. The lowest BCUT2D eigenvalue weighted by Gasteiger charge is -2.33. The van der Waals surface area contributed by atoms with Gasteiger partial charge in [-0.2, -0.15) is 0 Å². The number of ketones is 1. The summed E-state index contributed by atoms with van der Waals surface area (Å²) in [6.07, 6.45) is 3.28. The van der Waals surface area contributed by atoms with Crippen molar-refractivity contribution in [1.29, 1.82) is 0 Å². The molecule has 240 valence electrons. The lowest BCUT2D eigenvalue weighted by molar-refractivity contribution is -0.873. The summed E-state index contributed by atoms with van der Waals surface area (Å²) in [4.78, 5) is 75.1. The molecule has 0 radical (unpaired) electrons. The summed E-state index contributed by atoms with van der Waals surface area (Å²) in [5, 5.41) is 43.9. The molecule has 2 unspecified atom stereocenters. The standard InChI is InChI=1S/C16H25NO7.C6H14N2O2.C4H4O4/c1-10(2)8-11(18)15(16(22)23)12(9-17(3,4)5)24-14(21)7-6-13(19)20;7-4-2-1-3-5(8)6(9)10;5-3(6)1-2-4(7)8/h6-7,10,12,15H,8-9H2,1-5H3,(H-,19,20,22,23);5H,1-4,7-8H2,(H,9,10);1-2H,(H,5,6)(H,7,8)/b7-6+;;2-1+/t;5-;/m.0./s1. The van der Waals surface area contributed by atoms with Gasteiger partial charge in [-0.15, -0.1) is 0 Å². The Hall–Kier alpha value is -4.15. The summed E-state index contributed by atoms with van der Waals surface area (Å²) < 4.78 is 5.29. The number of ether oxygens (including phenoxy) is 1. The number of hydrogen-bond donors (Lipinski definition) is 6. The number of carbonyl (C=O) groups excluding carboxylic acids is 3. The van der Waals surface area contributed by atoms with Gasteiger partial charge in [0.05, 0.1) is 33.0 Å². The van der Waals surface area contributed by atoms with Gasteiger partial charge < -0.3 is 51.0 Å². The fraction of sp³-hybridized carbons (Fsp3) is 0.577. The SMILES string of the molecule is CC(C)CC(=O)C(C(=O)[O-])C(C[N+](C)(C)C)OC(=O)/C=C/C(=O)O.NCCCC[C@H](N)C(=O)O.O=C(O)/C=C/C(=O)O. The van der Waals surface area contributed by atoms with Gasteiger partial charge in [-0.1, -0.05) is 20.3 Å². The highest BCUT2D eigenvalue weighted by atomic mass is 16.5. The normalized spacial score (nSPS) is 13.1. The molecule has 0 aliphatic heterocycles. The molecule has 0 saturated heterocycles. The average Bonchev–Trinajstić information content (AvgIpc) is 2.80. The number of Topliss-reactive ketones (excluding diaryl/α,β-unsaturated/α-hetero) is 1. The zero-order valence-electron chi connectivity index (χ0n) is 24.4. The largest absolute Gasteiger partial charge is 0.549 e. The molecule has 8 N–H and O–H groups in total. The quantitative estimate of drug-likeness (QED) is 0.0360. The van der Waals surface area contributed by atoms with Crippen LogP contribution >= 0.6 is 0 Å². The molecule has 0 amide bonds. The van der Waals surface area contributed by atoms with E-state index in [0.717, 1.165) is 12.8 Å². The number of likely N-dealkylation sites (N-methyl/N-ethyl adjacent to an activating group) is 1. The van der Waals surface area contributed by atoms with Gasteiger partial charge in [0.2, 0.25) is 0 Å². The van der Waals surface area contributed by atoms with Crippen molar-refractivity contribution >= 4 is 41.6 Å². The van der Waals surface area contributed by atoms with Gasteiger partial charge in [0, 0.05) is 30.7 Å². The van der Waals surface area contributed by atoms with Crippen LogP contribution in [-0.2, 0) is 38.3 Å². The van der Waals surface area contributed by atoms with Crippen molar-refractivity contribution in [2.24, 2.45) is 23.3 Å². The van der Waals surface area contributed by atoms with Crippen LogP contribution in [0.15, 0.2) is 24.3 Å². The molecule has 42 heavy (non-hydrogen) atoms. The van der Waals surface area contributed by atoms with Crippen molar-refractivity contribution in [2.45, 2.75) is 51.7 Å². The monoisotopic (exact) mass is 605 g/mol. The second-order valence-corrected chi connectivity index (χ2v) is 10.2. The molecule has 16 heteroatoms. The fourth-order valence-corrected chi connectivity index (χ4v) is 2.87. The molecular formula is C26H43N3O13. The summed E-state index contributed by atoms with van der Waals surface area (Å²) in [6, 6.07) is -0.716. The molecule has 0 aromatic heterocycles. The summed E-state index contributed by atoms with van der Waals surface area (Å²) >= 11 is 0. The Morgan fingerprint density at radius 2 is 1.29 bits per heavy atom. The molecule has 3 atom stereocenters. The van der Waals surface area contributed by atoms with E-state index in [0.29, 0.717) is 37.3 Å². The van der Waals surface area contributed by atoms with Crippen molar-refractivity contribution in [3.8, 4) is 0 Å². The molecule has 0 aromatic carbocycles. The highest BCUT2D eigenvalue weighted by molar-refractivity contribution is 5.99. The molecule has 0 bridgehead atoms. The maximum Gasteiger partial charge on any atom is 0.331 e. The van der Waals surface area contributed by atoms with Crippen LogP contribution in [0, 0.1) is 11.8 Å². The number of hydrogen-bond acceptors (Lipinski definition) is 11. The van der Waals surface area contributed by atoms with E-state index >= 15 is 0 Å². The third kappa shape index (κ3) is 27.4. The highest BCUT2D eigenvalue weighted by Crippen LogP contribution is 2.17. The summed E-state index contributed by atoms with van der Waals surface area (Å²) in [6.45, 7) is 4.18. The van der Waals surface area contributed by atoms with Crippen molar-refractivity contribution in [3.05, 3.63) is 24.3 Å². The number of nitrogens with zero attached hydrogens (tertiary/aromatic N) is 1. The molecule has 16 nitrogen and oxygen atoms in total. The fourth-order valence-electron chi connectivity index (χ4n) is 2.87. The zero-order chi connectivity index (χ0) is 33.6. The van der Waals surface area contributed by atoms with Crippen molar-refractivity contribution in [2.75, 3.05) is 34.2 Å². The molecular weight excluding hydrogens is 562 g/mol. The summed E-state index contributed by atoms with van der Waals surface area (Å²) in [5.74, 6) is -9.69. The first-order valence-electron chi connectivity index (χ1n) is 12.6. The number of esters is 1. The number of unbranched alkanes of at least 4 members (excludes halogenated alkanes) is 1. The topological polar surface area (TPSA) is 285 Å². The predicted octanol–water partition coefficient (Wildman–Crippen LogP) is -1.53. The number of aliphatic carboxylic acids is 5. The minimum Gasteiger partial charge on any atom is -0.549 e. The van der Waals surface area contributed by atoms with E-state index in [2.05, 4.69) is 0 Å². The Bertz CT molecular complexity index is 953. The number of rotatable bonds is 17. The van der Waals surface area contributed by atoms with E-state index in [1.807, 2.05) is 0 Å². The van der Waals surface area contributed by atoms with E-state index in [-0.39, 0.29) is 23.4 Å². The third-order valence-electron chi connectivity index (χ3n) is 4.59. The van der Waals surface area contributed by atoms with Crippen LogP contribution in [0.4, 0.5) is 0 Å². The van der Waals surface area contributed by atoms with Crippen LogP contribution in [0.1, 0.15) is 39.5 Å². The lowest BCUT2D eigenvalue weighted by atomic mass is 9.91. The predicted molar refractivity (Wildman–Crippen MR) is 145 cm³/mol. The molecule has 0 aliphatic rings. The molecule has 0 rings (SSSR count). The molecule has 0 spiro atoms. The molecule has 0 heterocycles. The van der Waals surface area contributed by atoms with E-state index in [9.17, 15) is 38.7 Å². The number of quaternary nitrogens is 1. The first-order chi connectivity index (χ1) is 19.1. The number of carbonyl (C=O) groups is 7. The third-order valence-corrected chi connectivity index (χ3v) is 4.59. The van der Waals surface area contributed by atoms with Gasteiger partial charge in [-0.3, -0.25) is 9.59 Å². The smallest absolute Gasteiger partial charge is 0.331 e. The first kappa shape index (κ1) is 42.3. The van der Waals surface area contributed by atoms with Crippen molar-refractivity contribution in [1.82, 2.24) is 0 Å². The highest BCUT2D eigenvalue weighted by Gasteiger charge is 2.36. The van der Waals surface area contributed by atoms with Gasteiger partial charge in [0.15, 0.2) is 6.10 Å². The van der Waals surface area contributed by atoms with Gasteiger partial charge in [0.1, 0.15) is 18.4 Å². The van der Waals surface area contributed by atoms with Crippen LogP contribution < -0.4 is 16.6 Å². The second-order valence-electron chi connectivity index (χ2n) is 10.2. The minimum absolute atomic E-state index is 0.00874. The lowest BCUT2D eigenvalue weighted by Crippen LogP contribution is -2.52. The zero-order valence-corrected chi connectivity index (χ0v) is 24.4. The minimum atomic E-state index is -1.62. The van der Waals surface area contributed by atoms with Gasteiger partial charge in [-0.25, -0.2) is 19.2 Å². The molecule has 0 fully saturated rings. The Morgan fingerprint density at radius 1 is 0.833 bits per heavy atom. The Labute approximate surface area is 243 Å². The Kier molecular flexibility index (Phi) is 22.7. The van der Waals surface area contributed by atoms with E-state index in [1.165, 1.54) is 0 Å². The van der Waals surface area contributed by atoms with Crippen LogP contribution in [-0.4, -0.2) is 113 Å². The van der Waals surface area contributed by atoms with E-state index in [4.69, 9.17) is 36.6 Å². The molecule has 0 saturated carbocycles. The van der Waals surface area contributed by atoms with Crippen LogP contribution in [0.3, 0.4) is 0 Å². The Balaban J connectivity index is -0.000000688. The Morgan fingerprint density at radius 3 is 1.62 bits per heavy atom. The van der Waals surface area contributed by atoms with Crippen LogP contribution in [0.2, 0.25) is 0 Å². The van der Waals surface area contributed by atoms with Crippen LogP contribution in [0.5, 0.6) is 0 Å². The number of carboxylic acid groups (broad SMARTS) is 5. The van der Waals surface area contributed by atoms with E-state index in [1.54, 1.807) is 35.0 Å². The number of carboxylic acids is 5. The van der Waals surface area contributed by atoms with Crippen molar-refractivity contribution in [3.63, 3.8) is 0 Å². The first-order valence-corrected chi connectivity index (χ1v) is 12.6. The summed E-state index contributed by atoms with van der Waals surface area (Å²) in [7, 11) is 5.23. The van der Waals surface area contributed by atoms with Crippen LogP contribution in [0.25, 0.3) is 0 Å². The van der Waals surface area contributed by atoms with Gasteiger partial charge in [-0.05, 0) is 25.3 Å². The molecule has 0 aromatic rings. The van der Waals surface area contributed by atoms with Crippen molar-refractivity contribution < 1.29 is 68.3 Å². The average molecular weight is 606 g/mol. The van der Waals surface area contributed by atoms with E-state index < -0.39 is 59.7 Å². The van der Waals surface area contributed by atoms with Gasteiger partial charge >= 0.3 is 29.8 Å². The van der Waals surface area contributed by atoms with Gasteiger partial charge in [0.25, 0.3) is 0 Å². The second kappa shape index (κ2) is 22.5.